The van der Waals surface area contributed by atoms with E-state index in [4.69, 9.17) is 5.11 Å². The van der Waals surface area contributed by atoms with Crippen LogP contribution in [-0.2, 0) is 11.8 Å². The van der Waals surface area contributed by atoms with Crippen LogP contribution in [0.5, 0.6) is 0 Å². The molecule has 1 N–H and O–H groups in total. The summed E-state index contributed by atoms with van der Waals surface area (Å²) in [6, 6.07) is 3.10. The second-order valence-corrected chi connectivity index (χ2v) is 4.28. The maximum Gasteiger partial charge on any atom is 0.308 e. The van der Waals surface area contributed by atoms with Crippen LogP contribution in [0.1, 0.15) is 12.8 Å². The molecule has 2 rings (SSSR count). The lowest BCUT2D eigenvalue weighted by molar-refractivity contribution is -0.141. The van der Waals surface area contributed by atoms with Gasteiger partial charge in [0.15, 0.2) is 0 Å². The number of piperidine rings is 1. The van der Waals surface area contributed by atoms with Crippen molar-refractivity contribution in [2.24, 2.45) is 13.0 Å². The lowest BCUT2D eigenvalue weighted by Crippen LogP contribution is -2.40. The highest BCUT2D eigenvalue weighted by atomic mass is 16.4. The third-order valence-corrected chi connectivity index (χ3v) is 3.04. The Morgan fingerprint density at radius 2 is 2.29 bits per heavy atom. The zero-order chi connectivity index (χ0) is 12.4. The van der Waals surface area contributed by atoms with Crippen LogP contribution in [0.4, 0.5) is 5.82 Å². The van der Waals surface area contributed by atoms with Crippen molar-refractivity contribution in [2.75, 3.05) is 18.0 Å². The molecule has 1 aromatic heterocycles. The van der Waals surface area contributed by atoms with Gasteiger partial charge < -0.3 is 10.0 Å². The van der Waals surface area contributed by atoms with E-state index in [2.05, 4.69) is 5.10 Å². The number of carboxylic acids is 1. The summed E-state index contributed by atoms with van der Waals surface area (Å²) in [4.78, 5) is 24.1. The van der Waals surface area contributed by atoms with Crippen LogP contribution >= 0.6 is 0 Å². The monoisotopic (exact) mass is 237 g/mol. The van der Waals surface area contributed by atoms with E-state index in [0.717, 1.165) is 13.0 Å². The highest BCUT2D eigenvalue weighted by Gasteiger charge is 2.26. The molecule has 6 nitrogen and oxygen atoms in total. The topological polar surface area (TPSA) is 75.4 Å². The van der Waals surface area contributed by atoms with Crippen LogP contribution < -0.4 is 10.5 Å². The number of nitrogens with zero attached hydrogens (tertiary/aromatic N) is 3. The minimum Gasteiger partial charge on any atom is -0.481 e. The van der Waals surface area contributed by atoms with Gasteiger partial charge in [-0.25, -0.2) is 4.68 Å². The summed E-state index contributed by atoms with van der Waals surface area (Å²) < 4.78 is 1.26. The smallest absolute Gasteiger partial charge is 0.308 e. The number of aliphatic carboxylic acids is 1. The molecule has 0 bridgehead atoms. The highest BCUT2D eigenvalue weighted by molar-refractivity contribution is 5.71. The molecular formula is C11H15N3O3. The zero-order valence-corrected chi connectivity index (χ0v) is 9.67. The standard InChI is InChI=1S/C11H15N3O3/c1-13-10(15)5-4-9(12-13)14-6-2-3-8(7-14)11(16)17/h4-5,8H,2-3,6-7H2,1H3,(H,16,17)/t8-/m0/s1. The van der Waals surface area contributed by atoms with Gasteiger partial charge >= 0.3 is 5.97 Å². The molecule has 1 atom stereocenters. The van der Waals surface area contributed by atoms with Crippen LogP contribution in [0.3, 0.4) is 0 Å². The first kappa shape index (κ1) is 11.6. The Morgan fingerprint density at radius 3 is 2.94 bits per heavy atom. The average Bonchev–Trinajstić information content (AvgIpc) is 2.33. The van der Waals surface area contributed by atoms with Crippen LogP contribution in [0.15, 0.2) is 16.9 Å². The Bertz CT molecular complexity index is 483. The number of carboxylic acid groups (broad SMARTS) is 1. The van der Waals surface area contributed by atoms with Gasteiger partial charge in [0.1, 0.15) is 5.82 Å². The van der Waals surface area contributed by atoms with Gasteiger partial charge in [0.25, 0.3) is 5.56 Å². The number of rotatable bonds is 2. The molecule has 2 heterocycles. The Kier molecular flexibility index (Phi) is 3.12. The van der Waals surface area contributed by atoms with Gasteiger partial charge in [0.05, 0.1) is 5.92 Å². The SMILES string of the molecule is Cn1nc(N2CCC[C@H](C(=O)O)C2)ccc1=O. The molecule has 0 aliphatic carbocycles. The molecule has 0 radical (unpaired) electrons. The summed E-state index contributed by atoms with van der Waals surface area (Å²) in [6.45, 7) is 1.25. The van der Waals surface area contributed by atoms with E-state index >= 15 is 0 Å². The second kappa shape index (κ2) is 4.57. The fourth-order valence-corrected chi connectivity index (χ4v) is 2.05. The molecule has 92 valence electrons. The number of aryl methyl sites for hydroxylation is 1. The molecule has 6 heteroatoms. The third-order valence-electron chi connectivity index (χ3n) is 3.04. The van der Waals surface area contributed by atoms with Gasteiger partial charge in [0.2, 0.25) is 0 Å². The molecule has 0 saturated carbocycles. The fourth-order valence-electron chi connectivity index (χ4n) is 2.05. The van der Waals surface area contributed by atoms with Gasteiger partial charge in [-0.1, -0.05) is 0 Å². The quantitative estimate of drug-likeness (QED) is 0.788. The first-order valence-corrected chi connectivity index (χ1v) is 5.60. The van der Waals surface area contributed by atoms with Crippen molar-refractivity contribution in [2.45, 2.75) is 12.8 Å². The predicted molar refractivity (Wildman–Crippen MR) is 62.1 cm³/mol. The van der Waals surface area contributed by atoms with Crippen LogP contribution in [-0.4, -0.2) is 33.9 Å². The van der Waals surface area contributed by atoms with Crippen molar-refractivity contribution in [1.82, 2.24) is 9.78 Å². The van der Waals surface area contributed by atoms with E-state index in [-0.39, 0.29) is 11.5 Å². The Hall–Kier alpha value is -1.85. The molecule has 1 saturated heterocycles. The van der Waals surface area contributed by atoms with Crippen molar-refractivity contribution in [3.8, 4) is 0 Å². The van der Waals surface area contributed by atoms with Crippen LogP contribution in [0.2, 0.25) is 0 Å². The van der Waals surface area contributed by atoms with E-state index in [9.17, 15) is 9.59 Å². The minimum absolute atomic E-state index is 0.166. The minimum atomic E-state index is -0.764. The Labute approximate surface area is 98.5 Å². The lowest BCUT2D eigenvalue weighted by Gasteiger charge is -2.31. The van der Waals surface area contributed by atoms with Gasteiger partial charge in [-0.2, -0.15) is 5.10 Å². The average molecular weight is 237 g/mol. The summed E-state index contributed by atoms with van der Waals surface area (Å²) >= 11 is 0. The fraction of sp³-hybridized carbons (Fsp3) is 0.545. The van der Waals surface area contributed by atoms with E-state index in [1.54, 1.807) is 13.1 Å². The summed E-state index contributed by atoms with van der Waals surface area (Å²) in [7, 11) is 1.59. The molecule has 0 aromatic carbocycles. The Morgan fingerprint density at radius 1 is 1.53 bits per heavy atom. The molecular weight excluding hydrogens is 222 g/mol. The molecule has 1 fully saturated rings. The summed E-state index contributed by atoms with van der Waals surface area (Å²) in [6.07, 6.45) is 1.54. The normalized spacial score (nSPS) is 20.3. The summed E-state index contributed by atoms with van der Waals surface area (Å²) in [5, 5.41) is 13.1. The van der Waals surface area contributed by atoms with Crippen LogP contribution in [0, 0.1) is 5.92 Å². The van der Waals surface area contributed by atoms with E-state index < -0.39 is 5.97 Å². The lowest BCUT2D eigenvalue weighted by atomic mass is 9.98. The molecule has 0 amide bonds. The largest absolute Gasteiger partial charge is 0.481 e. The van der Waals surface area contributed by atoms with Gasteiger partial charge in [-0.15, -0.1) is 0 Å². The van der Waals surface area contributed by atoms with E-state index in [1.165, 1.54) is 10.7 Å². The maximum atomic E-state index is 11.2. The predicted octanol–water partition coefficient (Wildman–Crippen LogP) is 0.0813. The molecule has 17 heavy (non-hydrogen) atoms. The number of anilines is 1. The Balaban J connectivity index is 2.19. The zero-order valence-electron chi connectivity index (χ0n) is 9.67. The van der Waals surface area contributed by atoms with Crippen molar-refractivity contribution >= 4 is 11.8 Å². The highest BCUT2D eigenvalue weighted by Crippen LogP contribution is 2.20. The van der Waals surface area contributed by atoms with Gasteiger partial charge in [-0.3, -0.25) is 9.59 Å². The number of hydrogen-bond acceptors (Lipinski definition) is 4. The third kappa shape index (κ3) is 2.46. The molecule has 1 aliphatic heterocycles. The number of aromatic nitrogens is 2. The van der Waals surface area contributed by atoms with E-state index in [1.807, 2.05) is 4.90 Å². The summed E-state index contributed by atoms with van der Waals surface area (Å²) in [5.74, 6) is -0.444. The van der Waals surface area contributed by atoms with Gasteiger partial charge in [0, 0.05) is 26.2 Å². The molecule has 0 unspecified atom stereocenters. The first-order chi connectivity index (χ1) is 8.08. The van der Waals surface area contributed by atoms with E-state index in [0.29, 0.717) is 18.8 Å². The van der Waals surface area contributed by atoms with Crippen molar-refractivity contribution in [1.29, 1.82) is 0 Å². The van der Waals surface area contributed by atoms with Crippen molar-refractivity contribution < 1.29 is 9.90 Å². The second-order valence-electron chi connectivity index (χ2n) is 4.28. The number of hydrogen-bond donors (Lipinski definition) is 1. The first-order valence-electron chi connectivity index (χ1n) is 5.60. The molecule has 0 spiro atoms. The van der Waals surface area contributed by atoms with Crippen molar-refractivity contribution in [3.05, 3.63) is 22.5 Å². The van der Waals surface area contributed by atoms with Crippen LogP contribution in [0.25, 0.3) is 0 Å². The molecule has 1 aromatic rings. The molecule has 1 aliphatic rings. The van der Waals surface area contributed by atoms with Crippen molar-refractivity contribution in [3.63, 3.8) is 0 Å². The maximum absolute atomic E-state index is 11.2. The van der Waals surface area contributed by atoms with Gasteiger partial charge in [-0.05, 0) is 18.9 Å². The number of carbonyl (C=O) groups is 1. The summed E-state index contributed by atoms with van der Waals surface area (Å²) in [5.41, 5.74) is -0.166.